The van der Waals surface area contributed by atoms with Gasteiger partial charge in [0.1, 0.15) is 0 Å². The smallest absolute Gasteiger partial charge is 0.338 e. The molecule has 47 heavy (non-hydrogen) atoms. The molecule has 1 N–H and O–H groups in total. The molecule has 0 fully saturated rings. The Morgan fingerprint density at radius 2 is 1.66 bits per heavy atom. The number of hydrogen-bond acceptors (Lipinski definition) is 3. The number of nitrogens with one attached hydrogen (secondary N) is 1. The number of carbonyl (C=O) groups is 2. The van der Waals surface area contributed by atoms with E-state index < -0.39 is 0 Å². The molecule has 0 saturated heterocycles. The normalized spacial score (nSPS) is 11.7. The van der Waals surface area contributed by atoms with Gasteiger partial charge in [0.05, 0.1) is 12.2 Å². The number of aromatic nitrogens is 1. The van der Waals surface area contributed by atoms with E-state index in [1.54, 1.807) is 12.2 Å². The molecule has 248 valence electrons. The summed E-state index contributed by atoms with van der Waals surface area (Å²) in [6.45, 7) is 22.0. The first-order chi connectivity index (χ1) is 22.7. The van der Waals surface area contributed by atoms with Crippen molar-refractivity contribution < 1.29 is 14.3 Å². The molecule has 0 atom stereocenters. The molecule has 0 spiro atoms. The molecule has 1 amide bonds. The Morgan fingerprint density at radius 3 is 2.30 bits per heavy atom. The van der Waals surface area contributed by atoms with Crippen LogP contribution < -0.4 is 5.32 Å². The zero-order chi connectivity index (χ0) is 34.5. The van der Waals surface area contributed by atoms with Gasteiger partial charge in [-0.2, -0.15) is 0 Å². The summed E-state index contributed by atoms with van der Waals surface area (Å²) in [5.41, 5.74) is 9.85. The van der Waals surface area contributed by atoms with Gasteiger partial charge in [-0.3, -0.25) is 4.79 Å². The van der Waals surface area contributed by atoms with Crippen LogP contribution in [-0.2, 0) is 22.6 Å². The second kappa shape index (κ2) is 17.9. The number of nitrogens with zero attached hydrogens (tertiary/aromatic N) is 1. The molecule has 5 nitrogen and oxygen atoms in total. The summed E-state index contributed by atoms with van der Waals surface area (Å²) in [7, 11) is 0. The molecule has 0 aliphatic rings. The molecule has 4 aromatic rings. The number of fused-ring (bicyclic) bond motifs is 1. The SMILES string of the molecule is C=C/C=C(C(=O)OCCCC)\C(=C/C)c1ccc(Cn2c(C)c(C)c3cc(C(=O)NCc4cccc(C(C)C)c4)ccc32)cc1.CC. The van der Waals surface area contributed by atoms with E-state index >= 15 is 0 Å². The van der Waals surface area contributed by atoms with E-state index in [1.165, 1.54) is 5.56 Å². The molecule has 0 unspecified atom stereocenters. The van der Waals surface area contributed by atoms with Gasteiger partial charge in [-0.1, -0.05) is 108 Å². The zero-order valence-electron chi connectivity index (χ0n) is 29.6. The van der Waals surface area contributed by atoms with Crippen LogP contribution in [0.5, 0.6) is 0 Å². The monoisotopic (exact) mass is 632 g/mol. The van der Waals surface area contributed by atoms with Crippen molar-refractivity contribution >= 4 is 28.4 Å². The summed E-state index contributed by atoms with van der Waals surface area (Å²) in [5.74, 6) is 0.0325. The largest absolute Gasteiger partial charge is 0.462 e. The average Bonchev–Trinajstić information content (AvgIpc) is 3.32. The molecular formula is C42H52N2O3. The van der Waals surface area contributed by atoms with E-state index in [0.29, 0.717) is 36.8 Å². The van der Waals surface area contributed by atoms with Gasteiger partial charge in [-0.15, -0.1) is 0 Å². The molecule has 1 heterocycles. The van der Waals surface area contributed by atoms with Crippen LogP contribution in [0.1, 0.15) is 104 Å². The number of esters is 1. The summed E-state index contributed by atoms with van der Waals surface area (Å²) >= 11 is 0. The van der Waals surface area contributed by atoms with E-state index in [1.807, 2.05) is 69.3 Å². The molecule has 0 saturated carbocycles. The van der Waals surface area contributed by atoms with Gasteiger partial charge in [-0.05, 0) is 90.8 Å². The molecule has 0 aliphatic heterocycles. The van der Waals surface area contributed by atoms with Crippen molar-refractivity contribution in [2.24, 2.45) is 0 Å². The Morgan fingerprint density at radius 1 is 0.957 bits per heavy atom. The molecule has 4 rings (SSSR count). The lowest BCUT2D eigenvalue weighted by Crippen LogP contribution is -2.22. The number of allylic oxidation sites excluding steroid dienone is 3. The summed E-state index contributed by atoms with van der Waals surface area (Å²) in [6.07, 6.45) is 7.08. The van der Waals surface area contributed by atoms with Gasteiger partial charge in [0, 0.05) is 35.2 Å². The topological polar surface area (TPSA) is 60.3 Å². The molecule has 0 bridgehead atoms. The van der Waals surface area contributed by atoms with Crippen LogP contribution in [0.25, 0.3) is 16.5 Å². The van der Waals surface area contributed by atoms with E-state index in [9.17, 15) is 9.59 Å². The number of hydrogen-bond donors (Lipinski definition) is 1. The van der Waals surface area contributed by atoms with E-state index in [-0.39, 0.29) is 11.9 Å². The molecule has 3 aromatic carbocycles. The summed E-state index contributed by atoms with van der Waals surface area (Å²) in [6, 6.07) is 22.6. The molecule has 0 radical (unpaired) electrons. The maximum Gasteiger partial charge on any atom is 0.338 e. The van der Waals surface area contributed by atoms with E-state index in [4.69, 9.17) is 4.74 Å². The Bertz CT molecular complexity index is 1740. The number of carbonyl (C=O) groups excluding carboxylic acids is 2. The lowest BCUT2D eigenvalue weighted by molar-refractivity contribution is -0.138. The zero-order valence-corrected chi connectivity index (χ0v) is 29.6. The van der Waals surface area contributed by atoms with Gasteiger partial charge in [0.2, 0.25) is 0 Å². The average molecular weight is 633 g/mol. The number of benzene rings is 3. The van der Waals surface area contributed by atoms with Crippen LogP contribution >= 0.6 is 0 Å². The number of amides is 1. The minimum atomic E-state index is -0.334. The van der Waals surface area contributed by atoms with E-state index in [2.05, 4.69) is 75.3 Å². The first kappa shape index (κ1) is 36.8. The fraction of sp³-hybridized carbons (Fsp3) is 0.333. The highest BCUT2D eigenvalue weighted by atomic mass is 16.5. The Labute approximate surface area is 282 Å². The third kappa shape index (κ3) is 9.22. The standard InChI is InChI=1S/C40H46N2O3.C2H6/c1-8-11-22-45-40(44)36(13-9-2)35(10-3)32-18-16-30(17-19-32)26-42-29(7)28(6)37-24-34(20-21-38(37)42)39(43)41-25-31-14-12-15-33(23-31)27(4)5;1-2/h9-10,12-21,23-24,27H,2,8,11,22,25-26H2,1,3-7H3,(H,41,43);1-2H3/b35-10-,36-13+;. The lowest BCUT2D eigenvalue weighted by atomic mass is 9.96. The molecule has 5 heteroatoms. The highest BCUT2D eigenvalue weighted by molar-refractivity contribution is 6.06. The van der Waals surface area contributed by atoms with Crippen LogP contribution in [0, 0.1) is 13.8 Å². The highest BCUT2D eigenvalue weighted by Gasteiger charge is 2.18. The van der Waals surface area contributed by atoms with Crippen molar-refractivity contribution in [1.29, 1.82) is 0 Å². The van der Waals surface area contributed by atoms with Crippen LogP contribution in [-0.4, -0.2) is 23.1 Å². The minimum absolute atomic E-state index is 0.0776. The predicted molar refractivity (Wildman–Crippen MR) is 198 cm³/mol. The van der Waals surface area contributed by atoms with Crippen LogP contribution in [0.2, 0.25) is 0 Å². The van der Waals surface area contributed by atoms with Crippen molar-refractivity contribution in [3.63, 3.8) is 0 Å². The maximum absolute atomic E-state index is 13.1. The first-order valence-electron chi connectivity index (χ1n) is 16.9. The van der Waals surface area contributed by atoms with Gasteiger partial charge >= 0.3 is 5.97 Å². The summed E-state index contributed by atoms with van der Waals surface area (Å²) in [4.78, 5) is 26.0. The number of rotatable bonds is 13. The van der Waals surface area contributed by atoms with Crippen molar-refractivity contribution in [2.75, 3.05) is 6.61 Å². The Balaban J connectivity index is 0.00000294. The van der Waals surface area contributed by atoms with Crippen molar-refractivity contribution in [1.82, 2.24) is 9.88 Å². The second-order valence-electron chi connectivity index (χ2n) is 11.8. The number of unbranched alkanes of at least 4 members (excludes halogenated alkanes) is 1. The molecule has 0 aliphatic carbocycles. The molecular weight excluding hydrogens is 580 g/mol. The quantitative estimate of drug-likeness (QED) is 0.0691. The number of aryl methyl sites for hydroxylation is 1. The lowest BCUT2D eigenvalue weighted by Gasteiger charge is -2.14. The van der Waals surface area contributed by atoms with Crippen LogP contribution in [0.15, 0.2) is 97.1 Å². The fourth-order valence-electron chi connectivity index (χ4n) is 5.56. The first-order valence-corrected chi connectivity index (χ1v) is 16.9. The molecule has 1 aromatic heterocycles. The third-order valence-electron chi connectivity index (χ3n) is 8.39. The van der Waals surface area contributed by atoms with Crippen molar-refractivity contribution in [2.45, 2.75) is 87.2 Å². The Kier molecular flexibility index (Phi) is 14.0. The maximum atomic E-state index is 13.1. The fourth-order valence-corrected chi connectivity index (χ4v) is 5.56. The van der Waals surface area contributed by atoms with Gasteiger partial charge in [0.25, 0.3) is 5.91 Å². The van der Waals surface area contributed by atoms with E-state index in [0.717, 1.165) is 57.3 Å². The highest BCUT2D eigenvalue weighted by Crippen LogP contribution is 2.29. The van der Waals surface area contributed by atoms with Crippen LogP contribution in [0.4, 0.5) is 0 Å². The second-order valence-corrected chi connectivity index (χ2v) is 11.8. The predicted octanol–water partition coefficient (Wildman–Crippen LogP) is 10.2. The van der Waals surface area contributed by atoms with Crippen molar-refractivity contribution in [3.05, 3.63) is 136 Å². The summed E-state index contributed by atoms with van der Waals surface area (Å²) in [5, 5.41) is 4.17. The van der Waals surface area contributed by atoms with Crippen molar-refractivity contribution in [3.8, 4) is 0 Å². The minimum Gasteiger partial charge on any atom is -0.462 e. The van der Waals surface area contributed by atoms with Gasteiger partial charge in [0.15, 0.2) is 0 Å². The number of ether oxygens (including phenoxy) is 1. The van der Waals surface area contributed by atoms with Crippen LogP contribution in [0.3, 0.4) is 0 Å². The van der Waals surface area contributed by atoms with Gasteiger partial charge in [-0.25, -0.2) is 4.79 Å². The third-order valence-corrected chi connectivity index (χ3v) is 8.39. The summed E-state index contributed by atoms with van der Waals surface area (Å²) < 4.78 is 7.80. The Hall–Kier alpha value is -4.64. The van der Waals surface area contributed by atoms with Gasteiger partial charge < -0.3 is 14.6 Å².